The van der Waals surface area contributed by atoms with Gasteiger partial charge in [0.1, 0.15) is 0 Å². The predicted octanol–water partition coefficient (Wildman–Crippen LogP) is 4.92. The van der Waals surface area contributed by atoms with Crippen molar-refractivity contribution in [2.45, 2.75) is 34.6 Å². The summed E-state index contributed by atoms with van der Waals surface area (Å²) in [6, 6.07) is 6.38. The van der Waals surface area contributed by atoms with Crippen LogP contribution in [0, 0.1) is 13.8 Å². The van der Waals surface area contributed by atoms with Crippen LogP contribution in [0.3, 0.4) is 0 Å². The summed E-state index contributed by atoms with van der Waals surface area (Å²) in [6.07, 6.45) is 3.89. The van der Waals surface area contributed by atoms with Gasteiger partial charge in [0.25, 0.3) is 0 Å². The van der Waals surface area contributed by atoms with E-state index in [2.05, 4.69) is 51.6 Å². The van der Waals surface area contributed by atoms with Crippen LogP contribution in [0.5, 0.6) is 0 Å². The lowest BCUT2D eigenvalue weighted by atomic mass is 9.96. The van der Waals surface area contributed by atoms with Crippen molar-refractivity contribution >= 4 is 5.57 Å². The molecule has 0 nitrogen and oxygen atoms in total. The molecule has 15 heavy (non-hydrogen) atoms. The van der Waals surface area contributed by atoms with Gasteiger partial charge < -0.3 is 0 Å². The van der Waals surface area contributed by atoms with E-state index in [0.29, 0.717) is 0 Å². The predicted molar refractivity (Wildman–Crippen MR) is 71.1 cm³/mol. The van der Waals surface area contributed by atoms with Gasteiger partial charge in [0.05, 0.1) is 0 Å². The first kappa shape index (κ1) is 13.7. The molecule has 0 aliphatic rings. The molecule has 0 unspecified atom stereocenters. The van der Waals surface area contributed by atoms with Gasteiger partial charge in [-0.2, -0.15) is 0 Å². The Bertz CT molecular complexity index is 323. The minimum atomic E-state index is 1.28. The fraction of sp³-hybridized carbons (Fsp3) is 0.333. The average molecular weight is 202 g/mol. The summed E-state index contributed by atoms with van der Waals surface area (Å²) < 4.78 is 0. The highest BCUT2D eigenvalue weighted by molar-refractivity contribution is 5.70. The summed E-state index contributed by atoms with van der Waals surface area (Å²) in [5.41, 5.74) is 5.29. The number of allylic oxidation sites excluding steroid dienone is 3. The van der Waals surface area contributed by atoms with Crippen molar-refractivity contribution in [2.24, 2.45) is 0 Å². The Morgan fingerprint density at radius 2 is 1.60 bits per heavy atom. The maximum Gasteiger partial charge on any atom is -0.0169 e. The molecule has 0 N–H and O–H groups in total. The second kappa shape index (κ2) is 7.05. The van der Waals surface area contributed by atoms with E-state index in [9.17, 15) is 0 Å². The standard InChI is InChI=1S/C13H16.C2H6/c1-5-7-10(2)13-11(3)8-6-9-12(13)4;1-2/h5-9H,1H2,2-4H3;1-2H3/b10-7-;. The van der Waals surface area contributed by atoms with Crippen molar-refractivity contribution in [2.75, 3.05) is 0 Å². The SMILES string of the molecule is C=C/C=C(/C)c1c(C)cccc1C.CC. The van der Waals surface area contributed by atoms with Gasteiger partial charge in [-0.05, 0) is 43.0 Å². The number of benzene rings is 1. The van der Waals surface area contributed by atoms with E-state index in [1.54, 1.807) is 0 Å². The quantitative estimate of drug-likeness (QED) is 0.597. The summed E-state index contributed by atoms with van der Waals surface area (Å²) >= 11 is 0. The summed E-state index contributed by atoms with van der Waals surface area (Å²) in [5, 5.41) is 0. The smallest absolute Gasteiger partial charge is 0.0169 e. The Hall–Kier alpha value is -1.30. The third kappa shape index (κ3) is 3.75. The third-order valence-corrected chi connectivity index (χ3v) is 2.24. The Kier molecular flexibility index (Phi) is 6.44. The molecule has 0 amide bonds. The molecular formula is C15H22. The number of hydrogen-bond donors (Lipinski definition) is 0. The van der Waals surface area contributed by atoms with Crippen LogP contribution in [0.25, 0.3) is 5.57 Å². The van der Waals surface area contributed by atoms with Crippen molar-refractivity contribution in [3.8, 4) is 0 Å². The van der Waals surface area contributed by atoms with Crippen molar-refractivity contribution in [3.63, 3.8) is 0 Å². The minimum Gasteiger partial charge on any atom is -0.0991 e. The average Bonchev–Trinajstić information content (AvgIpc) is 2.21. The molecule has 0 saturated heterocycles. The van der Waals surface area contributed by atoms with Crippen LogP contribution in [0.4, 0.5) is 0 Å². The Balaban J connectivity index is 0.000000921. The molecule has 0 atom stereocenters. The van der Waals surface area contributed by atoms with Crippen molar-refractivity contribution in [1.82, 2.24) is 0 Å². The maximum atomic E-state index is 3.71. The first-order chi connectivity index (χ1) is 7.16. The molecule has 0 heterocycles. The second-order valence-electron chi connectivity index (χ2n) is 3.35. The number of aryl methyl sites for hydroxylation is 2. The second-order valence-corrected chi connectivity index (χ2v) is 3.35. The molecule has 1 aromatic carbocycles. The number of rotatable bonds is 2. The fourth-order valence-electron chi connectivity index (χ4n) is 1.70. The zero-order chi connectivity index (χ0) is 11.8. The highest BCUT2D eigenvalue weighted by atomic mass is 14.1. The first-order valence-electron chi connectivity index (χ1n) is 5.52. The molecular weight excluding hydrogens is 180 g/mol. The van der Waals surface area contributed by atoms with Crippen LogP contribution in [-0.2, 0) is 0 Å². The third-order valence-electron chi connectivity index (χ3n) is 2.24. The molecule has 0 aliphatic carbocycles. The van der Waals surface area contributed by atoms with Crippen LogP contribution in [0.15, 0.2) is 36.9 Å². The van der Waals surface area contributed by atoms with E-state index in [1.165, 1.54) is 22.3 Å². The van der Waals surface area contributed by atoms with Gasteiger partial charge in [0.2, 0.25) is 0 Å². The van der Waals surface area contributed by atoms with Gasteiger partial charge in [0, 0.05) is 0 Å². The van der Waals surface area contributed by atoms with Gasteiger partial charge >= 0.3 is 0 Å². The lowest BCUT2D eigenvalue weighted by molar-refractivity contribution is 1.33. The molecule has 0 radical (unpaired) electrons. The van der Waals surface area contributed by atoms with E-state index in [1.807, 2.05) is 19.9 Å². The molecule has 0 spiro atoms. The minimum absolute atomic E-state index is 1.28. The largest absolute Gasteiger partial charge is 0.0991 e. The van der Waals surface area contributed by atoms with Gasteiger partial charge in [-0.3, -0.25) is 0 Å². The van der Waals surface area contributed by atoms with Crippen LogP contribution in [0.1, 0.15) is 37.5 Å². The Labute approximate surface area is 94.3 Å². The molecule has 0 bridgehead atoms. The van der Waals surface area contributed by atoms with E-state index in [0.717, 1.165) is 0 Å². The van der Waals surface area contributed by atoms with E-state index in [4.69, 9.17) is 0 Å². The van der Waals surface area contributed by atoms with E-state index < -0.39 is 0 Å². The Morgan fingerprint density at radius 1 is 1.13 bits per heavy atom. The summed E-state index contributed by atoms with van der Waals surface area (Å²) in [7, 11) is 0. The summed E-state index contributed by atoms with van der Waals surface area (Å²) in [5.74, 6) is 0. The number of hydrogen-bond acceptors (Lipinski definition) is 0. The normalized spacial score (nSPS) is 10.3. The zero-order valence-electron chi connectivity index (χ0n) is 10.6. The summed E-state index contributed by atoms with van der Waals surface area (Å²) in [6.45, 7) is 14.1. The van der Waals surface area contributed by atoms with Crippen molar-refractivity contribution in [3.05, 3.63) is 53.6 Å². The maximum absolute atomic E-state index is 3.71. The van der Waals surface area contributed by atoms with Crippen LogP contribution >= 0.6 is 0 Å². The molecule has 0 aromatic heterocycles. The van der Waals surface area contributed by atoms with Crippen LogP contribution in [-0.4, -0.2) is 0 Å². The molecule has 0 saturated carbocycles. The van der Waals surface area contributed by atoms with E-state index in [-0.39, 0.29) is 0 Å². The van der Waals surface area contributed by atoms with Crippen molar-refractivity contribution in [1.29, 1.82) is 0 Å². The molecule has 82 valence electrons. The van der Waals surface area contributed by atoms with Crippen molar-refractivity contribution < 1.29 is 0 Å². The monoisotopic (exact) mass is 202 g/mol. The van der Waals surface area contributed by atoms with Crippen LogP contribution in [0.2, 0.25) is 0 Å². The van der Waals surface area contributed by atoms with E-state index >= 15 is 0 Å². The fourth-order valence-corrected chi connectivity index (χ4v) is 1.70. The summed E-state index contributed by atoms with van der Waals surface area (Å²) in [4.78, 5) is 0. The highest BCUT2D eigenvalue weighted by Crippen LogP contribution is 2.22. The molecule has 1 aromatic rings. The van der Waals surface area contributed by atoms with Gasteiger partial charge in [0.15, 0.2) is 0 Å². The topological polar surface area (TPSA) is 0 Å². The van der Waals surface area contributed by atoms with Gasteiger partial charge in [-0.25, -0.2) is 0 Å². The highest BCUT2D eigenvalue weighted by Gasteiger charge is 2.02. The lowest BCUT2D eigenvalue weighted by Gasteiger charge is -2.09. The van der Waals surface area contributed by atoms with Gasteiger partial charge in [-0.15, -0.1) is 0 Å². The Morgan fingerprint density at radius 3 is 2.00 bits per heavy atom. The molecule has 0 heteroatoms. The van der Waals surface area contributed by atoms with Crippen LogP contribution < -0.4 is 0 Å². The molecule has 0 aliphatic heterocycles. The molecule has 0 fully saturated rings. The first-order valence-corrected chi connectivity index (χ1v) is 5.52. The zero-order valence-corrected chi connectivity index (χ0v) is 10.6. The lowest BCUT2D eigenvalue weighted by Crippen LogP contribution is -1.89. The molecule has 1 rings (SSSR count). The van der Waals surface area contributed by atoms with Gasteiger partial charge in [-0.1, -0.05) is 50.8 Å².